The molecule has 0 atom stereocenters. The van der Waals surface area contributed by atoms with Crippen molar-refractivity contribution in [1.82, 2.24) is 24.1 Å². The maximum absolute atomic E-state index is 5.04. The number of nitrogens with zero attached hydrogens (tertiary/aromatic N) is 5. The minimum absolute atomic E-state index is 0.848. The van der Waals surface area contributed by atoms with Crippen LogP contribution in [0.3, 0.4) is 0 Å². The van der Waals surface area contributed by atoms with E-state index >= 15 is 0 Å². The summed E-state index contributed by atoms with van der Waals surface area (Å²) in [7, 11) is 0. The second-order valence-electron chi connectivity index (χ2n) is 8.97. The van der Waals surface area contributed by atoms with Crippen molar-refractivity contribution in [2.24, 2.45) is 0 Å². The van der Waals surface area contributed by atoms with Crippen molar-refractivity contribution in [2.75, 3.05) is 0 Å². The fourth-order valence-electron chi connectivity index (χ4n) is 5.48. The number of para-hydroxylation sites is 3. The summed E-state index contributed by atoms with van der Waals surface area (Å²) >= 11 is 0. The van der Waals surface area contributed by atoms with Crippen LogP contribution in [0.25, 0.3) is 66.3 Å². The zero-order valence-corrected chi connectivity index (χ0v) is 19.2. The summed E-state index contributed by atoms with van der Waals surface area (Å²) in [5, 5.41) is 3.40. The van der Waals surface area contributed by atoms with Crippen molar-refractivity contribution < 1.29 is 0 Å². The molecule has 5 heterocycles. The van der Waals surface area contributed by atoms with E-state index in [1.165, 1.54) is 5.39 Å². The topological polar surface area (TPSA) is 48.5 Å². The van der Waals surface area contributed by atoms with Gasteiger partial charge in [0.2, 0.25) is 0 Å². The molecule has 36 heavy (non-hydrogen) atoms. The first-order chi connectivity index (χ1) is 17.9. The van der Waals surface area contributed by atoms with Gasteiger partial charge < -0.3 is 4.57 Å². The van der Waals surface area contributed by atoms with Gasteiger partial charge in [0.05, 0.1) is 38.6 Å². The lowest BCUT2D eigenvalue weighted by Crippen LogP contribution is -2.01. The molecule has 0 aliphatic heterocycles. The predicted octanol–water partition coefficient (Wildman–Crippen LogP) is 7.22. The molecule has 8 rings (SSSR count). The number of fused-ring (bicyclic) bond motifs is 8. The van der Waals surface area contributed by atoms with Gasteiger partial charge in [0.25, 0.3) is 0 Å². The Morgan fingerprint density at radius 1 is 0.500 bits per heavy atom. The van der Waals surface area contributed by atoms with Gasteiger partial charge in [0.15, 0.2) is 0 Å². The van der Waals surface area contributed by atoms with Crippen LogP contribution in [0.5, 0.6) is 0 Å². The largest absolute Gasteiger partial charge is 0.307 e. The van der Waals surface area contributed by atoms with Crippen LogP contribution < -0.4 is 0 Å². The van der Waals surface area contributed by atoms with E-state index < -0.39 is 0 Å². The fourth-order valence-corrected chi connectivity index (χ4v) is 5.48. The average Bonchev–Trinajstić information content (AvgIpc) is 3.46. The number of benzene rings is 3. The molecule has 0 bridgehead atoms. The molecule has 0 saturated carbocycles. The number of hydrogen-bond acceptors (Lipinski definition) is 3. The highest BCUT2D eigenvalue weighted by Gasteiger charge is 2.22. The van der Waals surface area contributed by atoms with Gasteiger partial charge in [-0.3, -0.25) is 14.5 Å². The Morgan fingerprint density at radius 3 is 2.11 bits per heavy atom. The number of rotatable bonds is 2. The molecule has 0 spiro atoms. The Labute approximate surface area is 205 Å². The summed E-state index contributed by atoms with van der Waals surface area (Å²) in [4.78, 5) is 14.5. The summed E-state index contributed by atoms with van der Waals surface area (Å²) in [5.41, 5.74) is 8.22. The second-order valence-corrected chi connectivity index (χ2v) is 8.97. The zero-order chi connectivity index (χ0) is 23.6. The van der Waals surface area contributed by atoms with Crippen molar-refractivity contribution in [3.8, 4) is 11.5 Å². The van der Waals surface area contributed by atoms with Crippen LogP contribution in [-0.2, 0) is 0 Å². The predicted molar refractivity (Wildman–Crippen MR) is 146 cm³/mol. The molecule has 5 heteroatoms. The minimum atomic E-state index is 0.848. The Bertz CT molecular complexity index is 2100. The summed E-state index contributed by atoms with van der Waals surface area (Å²) in [6.07, 6.45) is 3.82. The molecule has 3 aromatic carbocycles. The van der Waals surface area contributed by atoms with Crippen LogP contribution in [0.1, 0.15) is 0 Å². The third-order valence-corrected chi connectivity index (χ3v) is 6.99. The van der Waals surface area contributed by atoms with Gasteiger partial charge in [0, 0.05) is 34.2 Å². The third-order valence-electron chi connectivity index (χ3n) is 6.99. The van der Waals surface area contributed by atoms with Gasteiger partial charge in [-0.15, -0.1) is 0 Å². The quantitative estimate of drug-likeness (QED) is 0.273. The maximum atomic E-state index is 5.04. The summed E-state index contributed by atoms with van der Waals surface area (Å²) < 4.78 is 4.61. The smallest absolute Gasteiger partial charge is 0.138 e. The number of pyridine rings is 3. The molecule has 0 amide bonds. The summed E-state index contributed by atoms with van der Waals surface area (Å²) in [5.74, 6) is 0.848. The van der Waals surface area contributed by atoms with E-state index in [0.717, 1.165) is 60.9 Å². The molecular formula is C31H19N5. The molecule has 0 unspecified atom stereocenters. The van der Waals surface area contributed by atoms with E-state index in [1.54, 1.807) is 6.20 Å². The van der Waals surface area contributed by atoms with Gasteiger partial charge >= 0.3 is 0 Å². The molecule has 5 aromatic heterocycles. The van der Waals surface area contributed by atoms with Gasteiger partial charge in [-0.2, -0.15) is 0 Å². The van der Waals surface area contributed by atoms with E-state index in [4.69, 9.17) is 9.97 Å². The lowest BCUT2D eigenvalue weighted by Gasteiger charge is -2.12. The van der Waals surface area contributed by atoms with E-state index in [9.17, 15) is 0 Å². The molecule has 0 saturated heterocycles. The Kier molecular flexibility index (Phi) is 3.88. The molecule has 168 valence electrons. The van der Waals surface area contributed by atoms with Crippen molar-refractivity contribution >= 4 is 54.8 Å². The van der Waals surface area contributed by atoms with Gasteiger partial charge in [-0.05, 0) is 48.5 Å². The first-order valence-electron chi connectivity index (χ1n) is 12.0. The van der Waals surface area contributed by atoms with Crippen molar-refractivity contribution in [2.45, 2.75) is 0 Å². The standard InChI is InChI=1S/C31H19N5/c1-2-9-20(10-3-1)35-26-14-6-4-11-21(26)23-19-33-29-22-12-5-7-15-27(22)36(31(29)30(23)35)28-17-16-24-25(34-28)13-8-18-32-24/h1-19H. The van der Waals surface area contributed by atoms with Gasteiger partial charge in [0.1, 0.15) is 5.82 Å². The van der Waals surface area contributed by atoms with Crippen molar-refractivity contribution in [1.29, 1.82) is 0 Å². The van der Waals surface area contributed by atoms with Crippen molar-refractivity contribution in [3.05, 3.63) is 116 Å². The first kappa shape index (κ1) is 19.3. The van der Waals surface area contributed by atoms with E-state index in [0.29, 0.717) is 0 Å². The zero-order valence-electron chi connectivity index (χ0n) is 19.2. The molecular weight excluding hydrogens is 442 g/mol. The average molecular weight is 462 g/mol. The van der Waals surface area contributed by atoms with Crippen LogP contribution >= 0.6 is 0 Å². The molecule has 0 radical (unpaired) electrons. The Balaban J connectivity index is 1.64. The molecule has 0 N–H and O–H groups in total. The molecule has 8 aromatic rings. The van der Waals surface area contributed by atoms with Crippen LogP contribution in [0, 0.1) is 0 Å². The lowest BCUT2D eigenvalue weighted by atomic mass is 10.2. The minimum Gasteiger partial charge on any atom is -0.307 e. The second kappa shape index (κ2) is 7.23. The third kappa shape index (κ3) is 2.57. The van der Waals surface area contributed by atoms with Crippen LogP contribution in [0.4, 0.5) is 0 Å². The first-order valence-corrected chi connectivity index (χ1v) is 12.0. The fraction of sp³-hybridized carbons (Fsp3) is 0. The normalized spacial score (nSPS) is 11.9. The number of aromatic nitrogens is 5. The molecule has 0 fully saturated rings. The van der Waals surface area contributed by atoms with E-state index in [2.05, 4.69) is 99.0 Å². The van der Waals surface area contributed by atoms with Crippen molar-refractivity contribution in [3.63, 3.8) is 0 Å². The van der Waals surface area contributed by atoms with Gasteiger partial charge in [-0.25, -0.2) is 4.98 Å². The van der Waals surface area contributed by atoms with Crippen LogP contribution in [-0.4, -0.2) is 24.1 Å². The summed E-state index contributed by atoms with van der Waals surface area (Å²) in [6.45, 7) is 0. The van der Waals surface area contributed by atoms with Crippen LogP contribution in [0.2, 0.25) is 0 Å². The van der Waals surface area contributed by atoms with E-state index in [-0.39, 0.29) is 0 Å². The summed E-state index contributed by atoms with van der Waals surface area (Å²) in [6, 6.07) is 35.6. The van der Waals surface area contributed by atoms with E-state index in [1.807, 2.05) is 24.4 Å². The van der Waals surface area contributed by atoms with Crippen LogP contribution in [0.15, 0.2) is 116 Å². The maximum Gasteiger partial charge on any atom is 0.138 e. The Hall–Kier alpha value is -5.03. The highest BCUT2D eigenvalue weighted by molar-refractivity contribution is 6.22. The number of hydrogen-bond donors (Lipinski definition) is 0. The SMILES string of the molecule is c1ccc(-n2c3ccccc3c3cnc4c5ccccc5n(-c5ccc6ncccc6n5)c4c32)cc1. The van der Waals surface area contributed by atoms with Gasteiger partial charge in [-0.1, -0.05) is 54.6 Å². The Morgan fingerprint density at radius 2 is 1.25 bits per heavy atom. The lowest BCUT2D eigenvalue weighted by molar-refractivity contribution is 1.09. The molecule has 5 nitrogen and oxygen atoms in total. The highest BCUT2D eigenvalue weighted by atomic mass is 15.1. The monoisotopic (exact) mass is 461 g/mol. The highest BCUT2D eigenvalue weighted by Crippen LogP contribution is 2.40. The molecule has 0 aliphatic carbocycles. The molecule has 0 aliphatic rings.